The molecule has 0 spiro atoms. The number of methoxy groups -OCH3 is 3. The van der Waals surface area contributed by atoms with Gasteiger partial charge in [0.2, 0.25) is 30.7 Å². The van der Waals surface area contributed by atoms with Gasteiger partial charge in [-0.15, -0.1) is 11.6 Å². The third kappa shape index (κ3) is 31.0. The number of aromatic nitrogens is 10. The summed E-state index contributed by atoms with van der Waals surface area (Å²) in [6.07, 6.45) is 21.6. The molecule has 1 unspecified atom stereocenters. The lowest BCUT2D eigenvalue weighted by Crippen LogP contribution is -3.00. The van der Waals surface area contributed by atoms with E-state index in [-0.39, 0.29) is 68.8 Å². The molecule has 5 aromatic heterocycles. The number of imidazole rings is 5. The van der Waals surface area contributed by atoms with Crippen LogP contribution in [0.25, 0.3) is 0 Å². The number of alkyl halides is 1. The van der Waals surface area contributed by atoms with E-state index >= 15 is 0 Å². The van der Waals surface area contributed by atoms with Crippen molar-refractivity contribution in [3.05, 3.63) is 93.6 Å². The largest absolute Gasteiger partial charge is 1.00 e. The first-order valence-corrected chi connectivity index (χ1v) is 35.5. The molecule has 0 aliphatic heterocycles. The third-order valence-electron chi connectivity index (χ3n) is 10.4. The highest BCUT2D eigenvalue weighted by molar-refractivity contribution is 7.72. The SMILES string of the molecule is CC(O)(C[n+]1ccn(CC(O)(P(=O)(O)O)P(=O)(O)O)c1)P(=O)(O)O.COC(=O)CCl.COC(=O)Cn1cc[n+](CC(=O)OC)c1.C[Si](C)(C)n1ccnc1.O=C(O)C[n+]1ccn(CC(O)(P(=O)(O)O)P(=O)(O)O)c1.O=C(O)Cn1cc[n+](CC(=O)O)c1.[Cl-].[Cl-]. The van der Waals surface area contributed by atoms with E-state index in [1.54, 1.807) is 27.9 Å². The number of carbonyl (C=O) groups excluding carboxylic acids is 3. The minimum absolute atomic E-state index is 0. The first kappa shape index (κ1) is 87.8. The van der Waals surface area contributed by atoms with E-state index in [0.717, 1.165) is 56.4 Å². The van der Waals surface area contributed by atoms with Crippen molar-refractivity contribution in [2.75, 3.05) is 27.2 Å². The topological polar surface area (TPSA) is 592 Å². The van der Waals surface area contributed by atoms with Gasteiger partial charge >= 0.3 is 84.0 Å². The van der Waals surface area contributed by atoms with Crippen molar-refractivity contribution in [2.45, 2.75) is 94.4 Å². The number of hydrogen-bond donors (Lipinski definition) is 16. The van der Waals surface area contributed by atoms with Crippen LogP contribution in [0.1, 0.15) is 6.92 Å². The normalized spacial score (nSPS) is 12.4. The monoisotopic (exact) mass is 1460 g/mol. The molecule has 0 saturated heterocycles. The van der Waals surface area contributed by atoms with E-state index in [1.165, 1.54) is 55.4 Å². The average molecular weight is 1460 g/mol. The Morgan fingerprint density at radius 1 is 0.506 bits per heavy atom. The van der Waals surface area contributed by atoms with Gasteiger partial charge in [0.25, 0.3) is 0 Å². The summed E-state index contributed by atoms with van der Waals surface area (Å²) in [6.45, 7) is 4.26. The zero-order valence-electron chi connectivity index (χ0n) is 47.7. The van der Waals surface area contributed by atoms with E-state index in [2.05, 4.69) is 43.1 Å². The van der Waals surface area contributed by atoms with Crippen LogP contribution in [-0.2, 0) is 118 Å². The number of rotatable bonds is 23. The summed E-state index contributed by atoms with van der Waals surface area (Å²) >= 11 is 4.98. The fourth-order valence-corrected chi connectivity index (χ4v) is 11.2. The summed E-state index contributed by atoms with van der Waals surface area (Å²) in [5.41, 5.74) is 0. The van der Waals surface area contributed by atoms with E-state index in [0.29, 0.717) is 0 Å². The number of carboxylic acids is 3. The molecule has 0 saturated carbocycles. The number of aliphatic carboxylic acids is 3. The van der Waals surface area contributed by atoms with Crippen LogP contribution < -0.4 is 43.1 Å². The summed E-state index contributed by atoms with van der Waals surface area (Å²) in [7, 11) is -24.5. The Morgan fingerprint density at radius 3 is 1.12 bits per heavy atom. The smallest absolute Gasteiger partial charge is 0.373 e. The van der Waals surface area contributed by atoms with Gasteiger partial charge in [-0.2, -0.15) is 0 Å². The predicted octanol–water partition coefficient (Wildman–Crippen LogP) is -10.4. The van der Waals surface area contributed by atoms with Gasteiger partial charge in [0.05, 0.1) is 27.7 Å². The van der Waals surface area contributed by atoms with Gasteiger partial charge in [-0.1, -0.05) is 19.6 Å². The highest BCUT2D eigenvalue weighted by Crippen LogP contribution is 2.69. The Balaban J connectivity index is -0.00000104. The number of carboxylic acid groups (broad SMARTS) is 3. The highest BCUT2D eigenvalue weighted by atomic mass is 35.5. The molecule has 0 aromatic carbocycles. The maximum absolute atomic E-state index is 11.3. The van der Waals surface area contributed by atoms with Crippen molar-refractivity contribution in [1.82, 2.24) is 27.5 Å². The molecule has 89 heavy (non-hydrogen) atoms. The Labute approximate surface area is 522 Å². The van der Waals surface area contributed by atoms with Crippen LogP contribution in [0.15, 0.2) is 93.6 Å². The molecular formula is C40H70Cl3N10O30P5Si+2. The molecule has 5 rings (SSSR count). The fourth-order valence-electron chi connectivity index (χ4n) is 5.75. The lowest BCUT2D eigenvalue weighted by molar-refractivity contribution is -0.705. The van der Waals surface area contributed by atoms with Crippen LogP contribution in [0, 0.1) is 0 Å². The van der Waals surface area contributed by atoms with Crippen molar-refractivity contribution in [3.63, 3.8) is 0 Å². The van der Waals surface area contributed by atoms with Gasteiger partial charge in [0.1, 0.15) is 75.1 Å². The maximum Gasteiger partial charge on any atom is 0.373 e. The van der Waals surface area contributed by atoms with E-state index in [4.69, 9.17) is 75.9 Å². The minimum Gasteiger partial charge on any atom is -1.00 e. The van der Waals surface area contributed by atoms with Crippen molar-refractivity contribution in [1.29, 1.82) is 0 Å². The number of aliphatic hydroxyl groups is 3. The molecule has 0 aliphatic carbocycles. The molecule has 1 atom stereocenters. The zero-order valence-corrected chi connectivity index (χ0v) is 55.5. The summed E-state index contributed by atoms with van der Waals surface area (Å²) in [6, 6.07) is 0. The van der Waals surface area contributed by atoms with Gasteiger partial charge in [0, 0.05) is 12.4 Å². The number of halogens is 3. The lowest BCUT2D eigenvalue weighted by atomic mass is 10.4. The first-order chi connectivity index (χ1) is 39.4. The summed E-state index contributed by atoms with van der Waals surface area (Å²) in [5, 5.41) is 44.8. The van der Waals surface area contributed by atoms with Gasteiger partial charge in [-0.05, 0) is 6.92 Å². The summed E-state index contributed by atoms with van der Waals surface area (Å²) in [4.78, 5) is 157. The average Bonchev–Trinajstić information content (AvgIpc) is 1.48. The Hall–Kier alpha value is -5.41. The van der Waals surface area contributed by atoms with E-state index in [9.17, 15) is 66.9 Å². The Morgan fingerprint density at radius 2 is 0.843 bits per heavy atom. The zero-order chi connectivity index (χ0) is 68.0. The maximum atomic E-state index is 11.3. The van der Waals surface area contributed by atoms with Crippen LogP contribution in [0.4, 0.5) is 0 Å². The number of hydrogen-bond acceptors (Lipinski definition) is 18. The molecule has 508 valence electrons. The second kappa shape index (κ2) is 37.2. The van der Waals surface area contributed by atoms with Crippen molar-refractivity contribution < 1.29 is 188 Å². The lowest BCUT2D eigenvalue weighted by Gasteiger charge is -2.27. The quantitative estimate of drug-likeness (QED) is 0.00721. The van der Waals surface area contributed by atoms with Gasteiger partial charge < -0.3 is 123 Å². The van der Waals surface area contributed by atoms with Gasteiger partial charge in [-0.25, -0.2) is 65.5 Å². The molecule has 49 heteroatoms. The highest BCUT2D eigenvalue weighted by Gasteiger charge is 2.62. The van der Waals surface area contributed by atoms with Crippen molar-refractivity contribution >= 4 is 93.6 Å². The molecule has 0 amide bonds. The second-order valence-electron chi connectivity index (χ2n) is 18.7. The van der Waals surface area contributed by atoms with Crippen LogP contribution in [0.3, 0.4) is 0 Å². The molecule has 0 fully saturated rings. The van der Waals surface area contributed by atoms with E-state index in [1.807, 2.05) is 18.7 Å². The number of ether oxygens (including phenoxy) is 3. The van der Waals surface area contributed by atoms with Crippen LogP contribution in [-0.4, -0.2) is 194 Å². The summed E-state index contributed by atoms with van der Waals surface area (Å²) in [5.74, 6) is -4.23. The molecule has 40 nitrogen and oxygen atoms in total. The standard InChI is InChI=1S/C9H13N2O4.C8H17N2O11P3.C7H12N2O9P2.C7H8N2O4.C6H12N2Si.C3H5ClO2.2ClH/c1-14-8(12)5-10-3-4-11(7-10)6-9(13)15-2;1-7(11,22(13,14)15)4-9-2-3-10(6-9)5-8(12,23(16,17)18)24(19,20)21;10-6(11)3-8-1-2-9(5-8)4-7(12,19(13,14)15)20(16,17)18;10-6(11)3-8-1-2-9(5-8)4-7(12)13;1-9(2,3)8-5-4-7-6-8;1-6-3(5)2-4;;/h3-4,7H,5-6H2,1-2H3;2-3,6,11-12H,4-5H2,1H3,(H5-,13,14,15,16,17,18,19,20,21);1-2,5,12H,3-4H2,(H4-,10,11,13,14,15,16,17,18);1-2,5H,3-4H2,(H-,10,11,12,13);4-6H,1-3H3;2H2,1H3;2*1H/q+1;;;;;;;/p+1. The van der Waals surface area contributed by atoms with Crippen molar-refractivity contribution in [3.8, 4) is 0 Å². The molecule has 0 bridgehead atoms. The molecule has 0 radical (unpaired) electrons. The molecule has 5 aromatic rings. The fraction of sp³-hybridized carbons (Fsp3) is 0.475. The van der Waals surface area contributed by atoms with Gasteiger partial charge in [0.15, 0.2) is 41.0 Å². The Kier molecular flexibility index (Phi) is 36.7. The third-order valence-corrected chi connectivity index (χ3v) is 21.3. The number of carbonyl (C=O) groups is 6. The van der Waals surface area contributed by atoms with Crippen LogP contribution in [0.5, 0.6) is 0 Å². The molecule has 5 heterocycles. The first-order valence-electron chi connectivity index (χ1n) is 23.5. The van der Waals surface area contributed by atoms with Gasteiger partial charge in [-0.3, -0.25) is 27.6 Å². The van der Waals surface area contributed by atoms with Crippen molar-refractivity contribution in [2.24, 2.45) is 0 Å². The van der Waals surface area contributed by atoms with Crippen LogP contribution >= 0.6 is 49.6 Å². The van der Waals surface area contributed by atoms with Crippen LogP contribution in [0.2, 0.25) is 19.6 Å². The minimum atomic E-state index is -5.64. The molecule has 16 N–H and O–H groups in total. The molecular weight excluding hydrogens is 1390 g/mol. The Bertz CT molecular complexity index is 3200. The summed E-state index contributed by atoms with van der Waals surface area (Å²) < 4.78 is 81.0. The molecule has 0 aliphatic rings. The number of esters is 3. The second-order valence-corrected chi connectivity index (χ2v) is 33.9. The number of nitrogens with zero attached hydrogens (tertiary/aromatic N) is 10. The predicted molar refractivity (Wildman–Crippen MR) is 290 cm³/mol. The van der Waals surface area contributed by atoms with E-state index < -0.39 is 112 Å².